The number of nitrogens with zero attached hydrogens (tertiary/aromatic N) is 3. The predicted octanol–water partition coefficient (Wildman–Crippen LogP) is 7.11. The van der Waals surface area contributed by atoms with Crippen LogP contribution in [0.4, 0.5) is 8.78 Å². The van der Waals surface area contributed by atoms with Crippen molar-refractivity contribution in [3.05, 3.63) is 81.8 Å². The monoisotopic (exact) mass is 620 g/mol. The maximum absolute atomic E-state index is 16.1. The Morgan fingerprint density at radius 1 is 1.11 bits per heavy atom. The fourth-order valence-corrected chi connectivity index (χ4v) is 6.04. The summed E-state index contributed by atoms with van der Waals surface area (Å²) < 4.78 is 50.1. The van der Waals surface area contributed by atoms with Gasteiger partial charge in [-0.15, -0.1) is 0 Å². The predicted molar refractivity (Wildman–Crippen MR) is 164 cm³/mol. The molecule has 0 unspecified atom stereocenters. The number of aryl methyl sites for hydroxylation is 1. The third kappa shape index (κ3) is 5.84. The lowest BCUT2D eigenvalue weighted by Crippen LogP contribution is -2.33. The highest BCUT2D eigenvalue weighted by Crippen LogP contribution is 2.42. The molecule has 0 aliphatic heterocycles. The first-order chi connectivity index (χ1) is 20.9. The highest BCUT2D eigenvalue weighted by Gasteiger charge is 2.36. The third-order valence-corrected chi connectivity index (χ3v) is 9.83. The molecule has 5 aromatic rings. The fraction of sp³-hybridized carbons (Fsp3) is 0.344. The van der Waals surface area contributed by atoms with Gasteiger partial charge in [0.1, 0.15) is 23.8 Å². The molecule has 44 heavy (non-hydrogen) atoms. The smallest absolute Gasteiger partial charge is 0.425 e. The van der Waals surface area contributed by atoms with Gasteiger partial charge in [-0.05, 0) is 61.1 Å². The van der Waals surface area contributed by atoms with Gasteiger partial charge in [-0.1, -0.05) is 55.1 Å². The lowest BCUT2D eigenvalue weighted by molar-refractivity contribution is -0.0387. The number of ether oxygens (including phenoxy) is 2. The van der Waals surface area contributed by atoms with E-state index in [2.05, 4.69) is 39.3 Å². The van der Waals surface area contributed by atoms with Crippen molar-refractivity contribution in [2.24, 2.45) is 0 Å². The zero-order chi connectivity index (χ0) is 31.2. The first-order valence-electron chi connectivity index (χ1n) is 14.6. The molecule has 1 saturated carbocycles. The molecular formula is C32H34F2N4O5Si. The molecule has 1 fully saturated rings. The van der Waals surface area contributed by atoms with Crippen molar-refractivity contribution in [1.29, 1.82) is 0 Å². The topological polar surface area (TPSA) is 115 Å². The number of benzene rings is 3. The van der Waals surface area contributed by atoms with E-state index in [0.29, 0.717) is 36.3 Å². The van der Waals surface area contributed by atoms with Crippen LogP contribution in [0.2, 0.25) is 25.7 Å². The zero-order valence-electron chi connectivity index (χ0n) is 25.0. The van der Waals surface area contributed by atoms with Gasteiger partial charge in [0.25, 0.3) is 0 Å². The summed E-state index contributed by atoms with van der Waals surface area (Å²) in [6.45, 7) is 8.99. The van der Waals surface area contributed by atoms with E-state index in [0.717, 1.165) is 23.6 Å². The quantitative estimate of drug-likeness (QED) is 0.126. The molecule has 2 N–H and O–H groups in total. The molecule has 12 heteroatoms. The van der Waals surface area contributed by atoms with Crippen molar-refractivity contribution in [2.75, 3.05) is 6.61 Å². The molecule has 2 heterocycles. The molecule has 0 amide bonds. The average Bonchev–Trinajstić information content (AvgIpc) is 3.54. The second-order valence-electron chi connectivity index (χ2n) is 12.6. The number of aromatic amines is 1. The van der Waals surface area contributed by atoms with Gasteiger partial charge in [0.15, 0.2) is 11.6 Å². The van der Waals surface area contributed by atoms with Crippen LogP contribution in [-0.2, 0) is 17.1 Å². The van der Waals surface area contributed by atoms with Gasteiger partial charge in [0.05, 0.1) is 16.7 Å². The number of nitrogens with one attached hydrogen (secondary N) is 1. The third-order valence-electron chi connectivity index (χ3n) is 8.12. The van der Waals surface area contributed by atoms with Crippen molar-refractivity contribution in [2.45, 2.75) is 64.2 Å². The number of aliphatic hydroxyl groups is 1. The minimum atomic E-state index is -1.38. The number of rotatable bonds is 10. The number of imidazole rings is 1. The average molecular weight is 621 g/mol. The van der Waals surface area contributed by atoms with E-state index < -0.39 is 31.1 Å². The second kappa shape index (κ2) is 11.4. The molecule has 230 valence electrons. The van der Waals surface area contributed by atoms with E-state index in [9.17, 15) is 9.90 Å². The Balaban J connectivity index is 1.39. The minimum Gasteiger partial charge on any atom is -0.425 e. The Hall–Kier alpha value is -4.13. The Morgan fingerprint density at radius 2 is 1.86 bits per heavy atom. The van der Waals surface area contributed by atoms with Crippen molar-refractivity contribution in [1.82, 2.24) is 19.7 Å². The lowest BCUT2D eigenvalue weighted by atomic mass is 9.75. The molecule has 0 spiro atoms. The van der Waals surface area contributed by atoms with Crippen LogP contribution in [0.1, 0.15) is 30.4 Å². The van der Waals surface area contributed by atoms with E-state index in [-0.39, 0.29) is 35.2 Å². The van der Waals surface area contributed by atoms with Crippen LogP contribution in [0.15, 0.2) is 57.8 Å². The molecule has 3 aromatic carbocycles. The van der Waals surface area contributed by atoms with Crippen LogP contribution in [0.5, 0.6) is 11.8 Å². The van der Waals surface area contributed by atoms with Gasteiger partial charge in [-0.25, -0.2) is 13.6 Å². The van der Waals surface area contributed by atoms with E-state index in [4.69, 9.17) is 9.47 Å². The van der Waals surface area contributed by atoms with Gasteiger partial charge >= 0.3 is 11.8 Å². The number of H-pyrrole nitrogens is 1. The van der Waals surface area contributed by atoms with Crippen molar-refractivity contribution >= 4 is 19.1 Å². The summed E-state index contributed by atoms with van der Waals surface area (Å²) in [5.74, 6) is -1.71. The highest BCUT2D eigenvalue weighted by molar-refractivity contribution is 6.76. The Morgan fingerprint density at radius 3 is 2.50 bits per heavy atom. The molecule has 0 atom stereocenters. The van der Waals surface area contributed by atoms with Crippen molar-refractivity contribution in [3.8, 4) is 34.3 Å². The molecule has 9 nitrogen and oxygen atoms in total. The standard InChI is InChI=1S/C32H34F2N4O5Si/c1-19-6-11-22(16-23(19)29-36-31(39)43-37-29)42-30-35-28-25(38(30)18-41-14-15-44(2,3)4)17-24(33)26(27(28)34)20-7-9-21(10-8-20)32(40)12-5-13-32/h6-11,16-17,40H,5,12-15,18H2,1-4H3,(H,36,37,39). The molecule has 0 radical (unpaired) electrons. The van der Waals surface area contributed by atoms with E-state index in [1.165, 1.54) is 10.6 Å². The molecule has 1 aliphatic rings. The Labute approximate surface area is 253 Å². The number of fused-ring (bicyclic) bond motifs is 1. The molecular weight excluding hydrogens is 586 g/mol. The van der Waals surface area contributed by atoms with Crippen LogP contribution < -0.4 is 10.5 Å². The maximum atomic E-state index is 16.1. The number of hydrogen-bond acceptors (Lipinski definition) is 7. The lowest BCUT2D eigenvalue weighted by Gasteiger charge is -2.37. The molecule has 0 bridgehead atoms. The molecule has 6 rings (SSSR count). The van der Waals surface area contributed by atoms with E-state index in [1.807, 2.05) is 6.92 Å². The van der Waals surface area contributed by atoms with Gasteiger partial charge in [0, 0.05) is 26.3 Å². The summed E-state index contributed by atoms with van der Waals surface area (Å²) in [4.78, 5) is 18.5. The minimum absolute atomic E-state index is 0.00876. The number of halogens is 2. The maximum Gasteiger partial charge on any atom is 0.439 e. The van der Waals surface area contributed by atoms with Crippen LogP contribution >= 0.6 is 0 Å². The van der Waals surface area contributed by atoms with Gasteiger partial charge < -0.3 is 14.6 Å². The summed E-state index contributed by atoms with van der Waals surface area (Å²) in [6.07, 6.45) is 2.28. The summed E-state index contributed by atoms with van der Waals surface area (Å²) in [7, 11) is -1.38. The summed E-state index contributed by atoms with van der Waals surface area (Å²) in [6, 6.07) is 14.0. The van der Waals surface area contributed by atoms with Crippen molar-refractivity contribution < 1.29 is 27.9 Å². The second-order valence-corrected chi connectivity index (χ2v) is 18.2. The molecule has 2 aromatic heterocycles. The van der Waals surface area contributed by atoms with E-state index in [1.54, 1.807) is 42.5 Å². The van der Waals surface area contributed by atoms with Crippen molar-refractivity contribution in [3.63, 3.8) is 0 Å². The molecule has 1 aliphatic carbocycles. The highest BCUT2D eigenvalue weighted by atomic mass is 28.3. The Bertz CT molecular complexity index is 1890. The largest absolute Gasteiger partial charge is 0.439 e. The first-order valence-corrected chi connectivity index (χ1v) is 18.3. The van der Waals surface area contributed by atoms with Crippen LogP contribution in [0, 0.1) is 18.6 Å². The summed E-state index contributed by atoms with van der Waals surface area (Å²) >= 11 is 0. The first kappa shape index (κ1) is 29.9. The van der Waals surface area contributed by atoms with Gasteiger partial charge in [-0.2, -0.15) is 4.98 Å². The van der Waals surface area contributed by atoms with Crippen LogP contribution in [-0.4, -0.2) is 39.5 Å². The summed E-state index contributed by atoms with van der Waals surface area (Å²) in [5.41, 5.74) is 1.46. The SMILES string of the molecule is Cc1ccc(Oc2nc3c(F)c(-c4ccc(C5(O)CCC5)cc4)c(F)cc3n2COCC[Si](C)(C)C)cc1-c1noc(=O)[nH]1. The summed E-state index contributed by atoms with van der Waals surface area (Å²) in [5, 5.41) is 14.4. The van der Waals surface area contributed by atoms with Gasteiger partial charge in [0.2, 0.25) is 0 Å². The Kier molecular flexibility index (Phi) is 7.76. The zero-order valence-corrected chi connectivity index (χ0v) is 26.0. The van der Waals surface area contributed by atoms with Gasteiger partial charge in [-0.3, -0.25) is 14.1 Å². The number of hydrogen-bond donors (Lipinski definition) is 2. The fourth-order valence-electron chi connectivity index (χ4n) is 5.29. The normalized spacial score (nSPS) is 14.6. The van der Waals surface area contributed by atoms with E-state index >= 15 is 8.78 Å². The molecule has 0 saturated heterocycles. The van der Waals surface area contributed by atoms with Crippen LogP contribution in [0.25, 0.3) is 33.5 Å². The number of aromatic nitrogens is 4. The van der Waals surface area contributed by atoms with Crippen LogP contribution in [0.3, 0.4) is 0 Å².